The molecule has 1 fully saturated rings. The van der Waals surface area contributed by atoms with Gasteiger partial charge in [0.2, 0.25) is 0 Å². The van der Waals surface area contributed by atoms with Crippen molar-refractivity contribution in [2.45, 2.75) is 12.5 Å². The van der Waals surface area contributed by atoms with Gasteiger partial charge in [0.05, 0.1) is 12.6 Å². The minimum absolute atomic E-state index is 0.00981. The number of hydrogen-bond donors (Lipinski definition) is 1. The second-order valence-electron chi connectivity index (χ2n) is 3.69. The van der Waals surface area contributed by atoms with E-state index in [0.29, 0.717) is 13.2 Å². The van der Waals surface area contributed by atoms with Gasteiger partial charge in [-0.05, 0) is 18.6 Å². The zero-order valence-corrected chi connectivity index (χ0v) is 8.50. The van der Waals surface area contributed by atoms with Crippen LogP contribution in [0, 0.1) is 11.6 Å². The first-order chi connectivity index (χ1) is 7.65. The highest BCUT2D eigenvalue weighted by molar-refractivity contribution is 5.94. The Morgan fingerprint density at radius 2 is 2.00 bits per heavy atom. The van der Waals surface area contributed by atoms with E-state index < -0.39 is 17.5 Å². The standard InChI is InChI=1S/C11H11F2NO2/c12-8-3-7(4-9(13)5-8)11(15)14-10-1-2-16-6-10/h3-5,10H,1-2,6H2,(H,14,15)/t10-/m0/s1. The molecule has 1 aliphatic rings. The molecular weight excluding hydrogens is 216 g/mol. The number of carbonyl (C=O) groups is 1. The molecule has 0 aliphatic carbocycles. The van der Waals surface area contributed by atoms with Crippen molar-refractivity contribution >= 4 is 5.91 Å². The van der Waals surface area contributed by atoms with Gasteiger partial charge in [0.15, 0.2) is 0 Å². The Balaban J connectivity index is 2.07. The number of nitrogens with one attached hydrogen (secondary N) is 1. The van der Waals surface area contributed by atoms with E-state index in [0.717, 1.165) is 24.6 Å². The molecule has 1 N–H and O–H groups in total. The number of rotatable bonds is 2. The number of hydrogen-bond acceptors (Lipinski definition) is 2. The zero-order chi connectivity index (χ0) is 11.5. The van der Waals surface area contributed by atoms with Gasteiger partial charge in [0.25, 0.3) is 5.91 Å². The average molecular weight is 227 g/mol. The second-order valence-corrected chi connectivity index (χ2v) is 3.69. The Labute approximate surface area is 91.4 Å². The zero-order valence-electron chi connectivity index (χ0n) is 8.50. The summed E-state index contributed by atoms with van der Waals surface area (Å²) in [5.74, 6) is -1.99. The first-order valence-corrected chi connectivity index (χ1v) is 5.00. The van der Waals surface area contributed by atoms with E-state index in [1.165, 1.54) is 0 Å². The van der Waals surface area contributed by atoms with E-state index in [1.807, 2.05) is 0 Å². The predicted molar refractivity (Wildman–Crippen MR) is 53.0 cm³/mol. The molecular formula is C11H11F2NO2. The summed E-state index contributed by atoms with van der Waals surface area (Å²) in [6.45, 7) is 1.05. The van der Waals surface area contributed by atoms with E-state index >= 15 is 0 Å². The molecule has 0 unspecified atom stereocenters. The first kappa shape index (κ1) is 11.0. The summed E-state index contributed by atoms with van der Waals surface area (Å²) in [4.78, 5) is 11.6. The number of amides is 1. The smallest absolute Gasteiger partial charge is 0.251 e. The van der Waals surface area contributed by atoms with E-state index in [4.69, 9.17) is 4.74 Å². The summed E-state index contributed by atoms with van der Waals surface area (Å²) in [6, 6.07) is 2.68. The minimum Gasteiger partial charge on any atom is -0.379 e. The third-order valence-corrected chi connectivity index (χ3v) is 2.39. The lowest BCUT2D eigenvalue weighted by molar-refractivity contribution is 0.0929. The van der Waals surface area contributed by atoms with Crippen LogP contribution in [0.3, 0.4) is 0 Å². The molecule has 0 spiro atoms. The third-order valence-electron chi connectivity index (χ3n) is 2.39. The van der Waals surface area contributed by atoms with Crippen molar-refractivity contribution in [3.8, 4) is 0 Å². The van der Waals surface area contributed by atoms with Crippen molar-refractivity contribution in [2.24, 2.45) is 0 Å². The van der Waals surface area contributed by atoms with Crippen LogP contribution in [0.2, 0.25) is 0 Å². The normalized spacial score (nSPS) is 19.8. The van der Waals surface area contributed by atoms with Gasteiger partial charge >= 0.3 is 0 Å². The number of halogens is 2. The molecule has 0 aromatic heterocycles. The highest BCUT2D eigenvalue weighted by atomic mass is 19.1. The monoisotopic (exact) mass is 227 g/mol. The fraction of sp³-hybridized carbons (Fsp3) is 0.364. The highest BCUT2D eigenvalue weighted by Crippen LogP contribution is 2.09. The van der Waals surface area contributed by atoms with Crippen LogP contribution in [0.15, 0.2) is 18.2 Å². The lowest BCUT2D eigenvalue weighted by atomic mass is 10.1. The summed E-state index contributed by atoms with van der Waals surface area (Å²) < 4.78 is 30.8. The van der Waals surface area contributed by atoms with Crippen LogP contribution in [0.4, 0.5) is 8.78 Å². The minimum atomic E-state index is -0.757. The van der Waals surface area contributed by atoms with Crippen molar-refractivity contribution in [2.75, 3.05) is 13.2 Å². The van der Waals surface area contributed by atoms with Crippen LogP contribution >= 0.6 is 0 Å². The van der Waals surface area contributed by atoms with Gasteiger partial charge in [0.1, 0.15) is 11.6 Å². The van der Waals surface area contributed by atoms with Crippen LogP contribution in [-0.2, 0) is 4.74 Å². The SMILES string of the molecule is O=C(N[C@H]1CCOC1)c1cc(F)cc(F)c1. The van der Waals surface area contributed by atoms with Gasteiger partial charge in [-0.1, -0.05) is 0 Å². The van der Waals surface area contributed by atoms with E-state index in [-0.39, 0.29) is 11.6 Å². The van der Waals surface area contributed by atoms with Crippen LogP contribution < -0.4 is 5.32 Å². The number of ether oxygens (including phenoxy) is 1. The Hall–Kier alpha value is -1.49. The summed E-state index contributed by atoms with van der Waals surface area (Å²) in [6.07, 6.45) is 0.726. The van der Waals surface area contributed by atoms with Crippen LogP contribution in [0.25, 0.3) is 0 Å². The van der Waals surface area contributed by atoms with Gasteiger partial charge in [-0.15, -0.1) is 0 Å². The highest BCUT2D eigenvalue weighted by Gasteiger charge is 2.19. The van der Waals surface area contributed by atoms with E-state index in [1.54, 1.807) is 0 Å². The molecule has 1 aliphatic heterocycles. The molecule has 1 atom stereocenters. The van der Waals surface area contributed by atoms with Crippen LogP contribution in [0.1, 0.15) is 16.8 Å². The van der Waals surface area contributed by atoms with Crippen molar-refractivity contribution in [1.29, 1.82) is 0 Å². The Kier molecular flexibility index (Phi) is 3.14. The fourth-order valence-electron chi connectivity index (χ4n) is 1.60. The molecule has 1 amide bonds. The van der Waals surface area contributed by atoms with Crippen molar-refractivity contribution < 1.29 is 18.3 Å². The summed E-state index contributed by atoms with van der Waals surface area (Å²) >= 11 is 0. The van der Waals surface area contributed by atoms with Crippen molar-refractivity contribution in [3.63, 3.8) is 0 Å². The molecule has 86 valence electrons. The van der Waals surface area contributed by atoms with Crippen LogP contribution in [0.5, 0.6) is 0 Å². The molecule has 5 heteroatoms. The quantitative estimate of drug-likeness (QED) is 0.831. The maximum Gasteiger partial charge on any atom is 0.251 e. The van der Waals surface area contributed by atoms with E-state index in [2.05, 4.69) is 5.32 Å². The fourth-order valence-corrected chi connectivity index (χ4v) is 1.60. The summed E-state index contributed by atoms with van der Waals surface area (Å²) in [5, 5.41) is 2.65. The van der Waals surface area contributed by atoms with Crippen LogP contribution in [-0.4, -0.2) is 25.2 Å². The molecule has 0 bridgehead atoms. The average Bonchev–Trinajstić information content (AvgIpc) is 2.68. The van der Waals surface area contributed by atoms with E-state index in [9.17, 15) is 13.6 Å². The summed E-state index contributed by atoms with van der Waals surface area (Å²) in [7, 11) is 0. The molecule has 16 heavy (non-hydrogen) atoms. The molecule has 3 nitrogen and oxygen atoms in total. The maximum atomic E-state index is 12.9. The molecule has 0 saturated carbocycles. The van der Waals surface area contributed by atoms with Gasteiger partial charge < -0.3 is 10.1 Å². The molecule has 2 rings (SSSR count). The Bertz CT molecular complexity index is 383. The maximum absolute atomic E-state index is 12.9. The predicted octanol–water partition coefficient (Wildman–Crippen LogP) is 1.48. The Morgan fingerprint density at radius 3 is 2.56 bits per heavy atom. The number of benzene rings is 1. The second kappa shape index (κ2) is 4.57. The largest absolute Gasteiger partial charge is 0.379 e. The number of carbonyl (C=O) groups excluding carboxylic acids is 1. The van der Waals surface area contributed by atoms with Gasteiger partial charge in [-0.25, -0.2) is 8.78 Å². The molecule has 1 heterocycles. The Morgan fingerprint density at radius 1 is 1.31 bits per heavy atom. The molecule has 1 aromatic rings. The molecule has 0 radical (unpaired) electrons. The lowest BCUT2D eigenvalue weighted by Gasteiger charge is -2.10. The molecule has 1 aromatic carbocycles. The van der Waals surface area contributed by atoms with Gasteiger partial charge in [-0.2, -0.15) is 0 Å². The third kappa shape index (κ3) is 2.55. The van der Waals surface area contributed by atoms with Gasteiger partial charge in [0, 0.05) is 18.2 Å². The first-order valence-electron chi connectivity index (χ1n) is 5.00. The van der Waals surface area contributed by atoms with Crippen molar-refractivity contribution in [3.05, 3.63) is 35.4 Å². The van der Waals surface area contributed by atoms with Gasteiger partial charge in [-0.3, -0.25) is 4.79 Å². The summed E-state index contributed by atoms with van der Waals surface area (Å²) in [5.41, 5.74) is -0.00981. The lowest BCUT2D eigenvalue weighted by Crippen LogP contribution is -2.35. The van der Waals surface area contributed by atoms with Crippen molar-refractivity contribution in [1.82, 2.24) is 5.32 Å². The molecule has 1 saturated heterocycles. The topological polar surface area (TPSA) is 38.3 Å².